The van der Waals surface area contributed by atoms with E-state index in [4.69, 9.17) is 11.6 Å². The molecule has 1 aromatic carbocycles. The number of hydrogen-bond acceptors (Lipinski definition) is 2. The molecule has 0 aliphatic rings. The molecule has 0 radical (unpaired) electrons. The fraction of sp³-hybridized carbons (Fsp3) is 0.200. The standard InChI is InChI=1S/C15H15ClN2O3/c1-2-8-18-9-4-7-12(18)14(19)17-11-6-3-5-10(16)13(11)15(20)21/h3-7,9H,2,8H2,1H3,(H,17,19)(H,20,21). The number of nitrogens with zero attached hydrogens (tertiary/aromatic N) is 1. The van der Waals surface area contributed by atoms with Crippen LogP contribution in [0.15, 0.2) is 36.5 Å². The highest BCUT2D eigenvalue weighted by Gasteiger charge is 2.18. The summed E-state index contributed by atoms with van der Waals surface area (Å²) in [6, 6.07) is 8.05. The Bertz CT molecular complexity index is 679. The molecule has 1 aromatic heterocycles. The molecule has 0 aliphatic carbocycles. The number of rotatable bonds is 5. The molecule has 2 N–H and O–H groups in total. The van der Waals surface area contributed by atoms with Gasteiger partial charge < -0.3 is 15.0 Å². The van der Waals surface area contributed by atoms with E-state index in [-0.39, 0.29) is 22.2 Å². The van der Waals surface area contributed by atoms with E-state index in [9.17, 15) is 14.7 Å². The van der Waals surface area contributed by atoms with Crippen molar-refractivity contribution in [2.45, 2.75) is 19.9 Å². The maximum absolute atomic E-state index is 12.3. The Kier molecular flexibility index (Phi) is 4.65. The van der Waals surface area contributed by atoms with Crippen molar-refractivity contribution in [3.63, 3.8) is 0 Å². The first-order valence-electron chi connectivity index (χ1n) is 6.53. The Morgan fingerprint density at radius 2 is 2.05 bits per heavy atom. The summed E-state index contributed by atoms with van der Waals surface area (Å²) in [5, 5.41) is 11.9. The Hall–Kier alpha value is -2.27. The number of amides is 1. The van der Waals surface area contributed by atoms with Gasteiger partial charge >= 0.3 is 5.97 Å². The Morgan fingerprint density at radius 1 is 1.29 bits per heavy atom. The van der Waals surface area contributed by atoms with E-state index in [1.807, 2.05) is 17.7 Å². The first-order chi connectivity index (χ1) is 10.0. The van der Waals surface area contributed by atoms with Crippen molar-refractivity contribution in [2.75, 3.05) is 5.32 Å². The monoisotopic (exact) mass is 306 g/mol. The SMILES string of the molecule is CCCn1cccc1C(=O)Nc1cccc(Cl)c1C(=O)O. The first kappa shape index (κ1) is 15.1. The molecule has 0 saturated carbocycles. The summed E-state index contributed by atoms with van der Waals surface area (Å²) in [4.78, 5) is 23.5. The predicted molar refractivity (Wildman–Crippen MR) is 81.1 cm³/mol. The largest absolute Gasteiger partial charge is 0.478 e. The highest BCUT2D eigenvalue weighted by atomic mass is 35.5. The second-order valence-electron chi connectivity index (χ2n) is 4.51. The van der Waals surface area contributed by atoms with Crippen LogP contribution in [0, 0.1) is 0 Å². The Morgan fingerprint density at radius 3 is 2.71 bits per heavy atom. The third-order valence-corrected chi connectivity index (χ3v) is 3.32. The summed E-state index contributed by atoms with van der Waals surface area (Å²) in [7, 11) is 0. The summed E-state index contributed by atoms with van der Waals surface area (Å²) in [5.74, 6) is -1.54. The highest BCUT2D eigenvalue weighted by molar-refractivity contribution is 6.34. The number of aromatic carboxylic acids is 1. The van der Waals surface area contributed by atoms with Gasteiger partial charge in [-0.1, -0.05) is 24.6 Å². The van der Waals surface area contributed by atoms with Crippen molar-refractivity contribution in [1.82, 2.24) is 4.57 Å². The van der Waals surface area contributed by atoms with E-state index in [0.717, 1.165) is 13.0 Å². The van der Waals surface area contributed by atoms with Crippen molar-refractivity contribution in [2.24, 2.45) is 0 Å². The minimum absolute atomic E-state index is 0.0873. The molecule has 110 valence electrons. The van der Waals surface area contributed by atoms with E-state index in [1.165, 1.54) is 12.1 Å². The van der Waals surface area contributed by atoms with Gasteiger partial charge in [0.05, 0.1) is 10.7 Å². The van der Waals surface area contributed by atoms with Crippen molar-refractivity contribution in [1.29, 1.82) is 0 Å². The zero-order valence-electron chi connectivity index (χ0n) is 11.5. The minimum Gasteiger partial charge on any atom is -0.478 e. The number of carbonyl (C=O) groups is 2. The number of carboxylic acid groups (broad SMARTS) is 1. The number of halogens is 1. The average molecular weight is 307 g/mol. The second-order valence-corrected chi connectivity index (χ2v) is 4.92. The van der Waals surface area contributed by atoms with Crippen LogP contribution >= 0.6 is 11.6 Å². The molecule has 0 spiro atoms. The number of benzene rings is 1. The van der Waals surface area contributed by atoms with Crippen LogP contribution in [0.1, 0.15) is 34.2 Å². The average Bonchev–Trinajstić information content (AvgIpc) is 2.87. The third kappa shape index (κ3) is 3.25. The van der Waals surface area contributed by atoms with Crippen LogP contribution in [0.4, 0.5) is 5.69 Å². The van der Waals surface area contributed by atoms with Gasteiger partial charge in [0.2, 0.25) is 0 Å². The molecule has 1 amide bonds. The maximum atomic E-state index is 12.3. The van der Waals surface area contributed by atoms with Gasteiger partial charge in [-0.3, -0.25) is 4.79 Å². The molecule has 0 atom stereocenters. The van der Waals surface area contributed by atoms with Crippen LogP contribution in [0.2, 0.25) is 5.02 Å². The van der Waals surface area contributed by atoms with E-state index >= 15 is 0 Å². The maximum Gasteiger partial charge on any atom is 0.339 e. The normalized spacial score (nSPS) is 10.4. The molecule has 5 nitrogen and oxygen atoms in total. The van der Waals surface area contributed by atoms with Gasteiger partial charge in [-0.2, -0.15) is 0 Å². The van der Waals surface area contributed by atoms with Crippen LogP contribution < -0.4 is 5.32 Å². The van der Waals surface area contributed by atoms with Crippen LogP contribution in [-0.4, -0.2) is 21.6 Å². The summed E-state index contributed by atoms with van der Waals surface area (Å²) in [6.07, 6.45) is 2.71. The molecule has 2 rings (SSSR count). The quantitative estimate of drug-likeness (QED) is 0.888. The van der Waals surface area contributed by atoms with Crippen molar-refractivity contribution in [3.8, 4) is 0 Å². The van der Waals surface area contributed by atoms with Gasteiger partial charge in [0.1, 0.15) is 11.3 Å². The Labute approximate surface area is 127 Å². The number of nitrogens with one attached hydrogen (secondary N) is 1. The molecular weight excluding hydrogens is 292 g/mol. The number of anilines is 1. The molecule has 0 fully saturated rings. The fourth-order valence-electron chi connectivity index (χ4n) is 2.09. The number of aromatic nitrogens is 1. The number of carboxylic acids is 1. The van der Waals surface area contributed by atoms with Gasteiger partial charge in [-0.05, 0) is 30.7 Å². The van der Waals surface area contributed by atoms with Gasteiger partial charge in [0.25, 0.3) is 5.91 Å². The first-order valence-corrected chi connectivity index (χ1v) is 6.90. The summed E-state index contributed by atoms with van der Waals surface area (Å²) >= 11 is 5.88. The van der Waals surface area contributed by atoms with E-state index < -0.39 is 5.97 Å². The van der Waals surface area contributed by atoms with Gasteiger partial charge in [0, 0.05) is 12.7 Å². The molecule has 1 heterocycles. The van der Waals surface area contributed by atoms with Crippen LogP contribution in [0.5, 0.6) is 0 Å². The van der Waals surface area contributed by atoms with Crippen LogP contribution in [0.3, 0.4) is 0 Å². The van der Waals surface area contributed by atoms with Crippen molar-refractivity contribution >= 4 is 29.2 Å². The third-order valence-electron chi connectivity index (χ3n) is 3.00. The van der Waals surface area contributed by atoms with Gasteiger partial charge in [-0.15, -0.1) is 0 Å². The van der Waals surface area contributed by atoms with Gasteiger partial charge in [0.15, 0.2) is 0 Å². The molecule has 6 heteroatoms. The lowest BCUT2D eigenvalue weighted by molar-refractivity contribution is 0.0698. The van der Waals surface area contributed by atoms with E-state index in [0.29, 0.717) is 5.69 Å². The number of hydrogen-bond donors (Lipinski definition) is 2. The van der Waals surface area contributed by atoms with Crippen molar-refractivity contribution < 1.29 is 14.7 Å². The number of carbonyl (C=O) groups excluding carboxylic acids is 1. The molecule has 0 unspecified atom stereocenters. The smallest absolute Gasteiger partial charge is 0.339 e. The molecule has 0 saturated heterocycles. The predicted octanol–water partition coefficient (Wildman–Crippen LogP) is 3.50. The molecular formula is C15H15ClN2O3. The summed E-state index contributed by atoms with van der Waals surface area (Å²) < 4.78 is 1.82. The zero-order valence-corrected chi connectivity index (χ0v) is 12.2. The van der Waals surface area contributed by atoms with E-state index in [2.05, 4.69) is 5.32 Å². The zero-order chi connectivity index (χ0) is 15.4. The topological polar surface area (TPSA) is 71.3 Å². The minimum atomic E-state index is -1.18. The van der Waals surface area contributed by atoms with Gasteiger partial charge in [-0.25, -0.2) is 4.79 Å². The lowest BCUT2D eigenvalue weighted by Crippen LogP contribution is -2.18. The van der Waals surface area contributed by atoms with Crippen molar-refractivity contribution in [3.05, 3.63) is 52.8 Å². The van der Waals surface area contributed by atoms with E-state index in [1.54, 1.807) is 18.2 Å². The molecule has 2 aromatic rings. The molecule has 0 aliphatic heterocycles. The molecule has 21 heavy (non-hydrogen) atoms. The fourth-order valence-corrected chi connectivity index (χ4v) is 2.34. The summed E-state index contributed by atoms with van der Waals surface area (Å²) in [5.41, 5.74) is 0.554. The summed E-state index contributed by atoms with van der Waals surface area (Å²) in [6.45, 7) is 2.73. The highest BCUT2D eigenvalue weighted by Crippen LogP contribution is 2.24. The lowest BCUT2D eigenvalue weighted by Gasteiger charge is -2.11. The number of aryl methyl sites for hydroxylation is 1. The lowest BCUT2D eigenvalue weighted by atomic mass is 10.1. The van der Waals surface area contributed by atoms with Crippen LogP contribution in [-0.2, 0) is 6.54 Å². The second kappa shape index (κ2) is 6.45. The Balaban J connectivity index is 2.30. The molecule has 0 bridgehead atoms. The van der Waals surface area contributed by atoms with Crippen LogP contribution in [0.25, 0.3) is 0 Å².